The van der Waals surface area contributed by atoms with Crippen molar-refractivity contribution in [3.05, 3.63) is 243 Å². The van der Waals surface area contributed by atoms with E-state index in [1.54, 1.807) is 0 Å². The summed E-state index contributed by atoms with van der Waals surface area (Å²) in [5, 5.41) is 4.31. The van der Waals surface area contributed by atoms with E-state index in [4.69, 9.17) is 0 Å². The normalized spacial score (nSPS) is 11.7. The number of benzene rings is 8. The molecule has 0 fully saturated rings. The van der Waals surface area contributed by atoms with Gasteiger partial charge in [-0.2, -0.15) is 0 Å². The molecule has 0 aromatic heterocycles. The van der Waals surface area contributed by atoms with E-state index >= 15 is 35.1 Å². The van der Waals surface area contributed by atoms with Crippen LogP contribution in [0.5, 0.6) is 0 Å². The third kappa shape index (κ3) is 8.24. The summed E-state index contributed by atoms with van der Waals surface area (Å²) in [5.41, 5.74) is -11.5. The molecule has 0 spiro atoms. The number of rotatable bonds is 9. The monoisotopic (exact) mass is 1050 g/mol. The first-order valence-electron chi connectivity index (χ1n) is 20.3. The van der Waals surface area contributed by atoms with E-state index < -0.39 is 152 Å². The van der Waals surface area contributed by atoms with Crippen molar-refractivity contribution in [1.29, 1.82) is 0 Å². The van der Waals surface area contributed by atoms with E-state index in [-0.39, 0.29) is 0 Å². The summed E-state index contributed by atoms with van der Waals surface area (Å²) in [4.78, 5) is 0. The van der Waals surface area contributed by atoms with Gasteiger partial charge in [0, 0.05) is 0 Å². The molecule has 0 aliphatic rings. The molecule has 0 saturated carbocycles. The second-order valence-electron chi connectivity index (χ2n) is 15.7. The average Bonchev–Trinajstić information content (AvgIpc) is 3.39. The van der Waals surface area contributed by atoms with Gasteiger partial charge in [0.05, 0.1) is 6.16 Å². The molecule has 0 aliphatic heterocycles. The molecule has 72 heavy (non-hydrogen) atoms. The van der Waals surface area contributed by atoms with Crippen LogP contribution in [0, 0.1) is 123 Å². The lowest BCUT2D eigenvalue weighted by Gasteiger charge is -2.44. The van der Waals surface area contributed by atoms with Crippen molar-refractivity contribution in [2.45, 2.75) is 13.1 Å². The molecule has 8 aromatic rings. The summed E-state index contributed by atoms with van der Waals surface area (Å²) in [6.45, 7) is 2.23. The van der Waals surface area contributed by atoms with Crippen molar-refractivity contribution in [2.24, 2.45) is 0 Å². The minimum Gasteiger partial charge on any atom is -0.207 e. The fourth-order valence-electron chi connectivity index (χ4n) is 8.69. The van der Waals surface area contributed by atoms with Gasteiger partial charge in [0.1, 0.15) is 75.9 Å². The van der Waals surface area contributed by atoms with Gasteiger partial charge in [0.2, 0.25) is 0 Å². The van der Waals surface area contributed by atoms with Gasteiger partial charge in [-0.05, 0) is 54.4 Å². The van der Waals surface area contributed by atoms with E-state index in [1.165, 1.54) is 27.0 Å². The molecule has 0 amide bonds. The Morgan fingerprint density at radius 1 is 0.264 bits per heavy atom. The Morgan fingerprint density at radius 2 is 0.458 bits per heavy atom. The topological polar surface area (TPSA) is 0 Å². The van der Waals surface area contributed by atoms with Gasteiger partial charge in [-0.15, -0.1) is 21.9 Å². The quantitative estimate of drug-likeness (QED) is 0.0444. The van der Waals surface area contributed by atoms with E-state index in [1.807, 2.05) is 0 Å². The van der Waals surface area contributed by atoms with Crippen LogP contribution in [0.4, 0.5) is 87.8 Å². The number of hydrogen-bond donors (Lipinski definition) is 0. The van der Waals surface area contributed by atoms with Crippen LogP contribution in [0.2, 0.25) is 0 Å². The maximum atomic E-state index is 15.4. The van der Waals surface area contributed by atoms with Gasteiger partial charge in [-0.25, -0.2) is 87.8 Å². The Bertz CT molecular complexity index is 2910. The molecule has 0 heterocycles. The van der Waals surface area contributed by atoms with Crippen LogP contribution in [0.1, 0.15) is 11.1 Å². The van der Waals surface area contributed by atoms with E-state index in [9.17, 15) is 52.7 Å². The smallest absolute Gasteiger partial charge is 0.200 e. The van der Waals surface area contributed by atoms with Gasteiger partial charge in [0.25, 0.3) is 0 Å². The maximum absolute atomic E-state index is 15.4. The van der Waals surface area contributed by atoms with Crippen LogP contribution >= 0.6 is 7.26 Å². The number of halogens is 20. The molecular weight excluding hydrogens is 1020 g/mol. The van der Waals surface area contributed by atoms with Gasteiger partial charge in [0.15, 0.2) is 69.8 Å². The zero-order valence-electron chi connectivity index (χ0n) is 35.8. The SMILES string of the molecule is Cc1ccccc1C[P+](c1ccccc1)(c1ccccc1)c1ccccc1.Fc1c(F)c(F)c([B-](c2c(F)c(F)c(F)c(F)c2F)(c2c(F)c(F)c(F)c(F)c2F)c2c(F)c(F)c(F)c(F)c2F)c(F)c1F. The Morgan fingerprint density at radius 3 is 0.681 bits per heavy atom. The molecule has 8 rings (SSSR count). The zero-order valence-corrected chi connectivity index (χ0v) is 36.7. The fraction of sp³-hybridized carbons (Fsp3) is 0.0400. The van der Waals surface area contributed by atoms with Crippen LogP contribution in [-0.2, 0) is 6.16 Å². The first kappa shape index (κ1) is 52.7. The minimum atomic E-state index is -7.22. The third-order valence-corrected chi connectivity index (χ3v) is 16.3. The lowest BCUT2D eigenvalue weighted by atomic mass is 9.12. The van der Waals surface area contributed by atoms with Crippen molar-refractivity contribution in [3.63, 3.8) is 0 Å². The van der Waals surface area contributed by atoms with Crippen LogP contribution in [0.25, 0.3) is 0 Å². The predicted molar refractivity (Wildman–Crippen MR) is 229 cm³/mol. The van der Waals surface area contributed by atoms with Crippen molar-refractivity contribution in [1.82, 2.24) is 0 Å². The minimum absolute atomic E-state index is 1.04. The van der Waals surface area contributed by atoms with Crippen LogP contribution < -0.4 is 37.8 Å². The molecule has 0 saturated heterocycles. The molecule has 22 heteroatoms. The standard InChI is InChI=1S/C26H24P.C24BF20/c1-22-13-11-12-14-23(22)21-27(24-15-5-2-6-16-24,25-17-7-3-8-18-25)26-19-9-4-10-20-26;26-5-1(6(27)14(35)21(42)13(5)34)25(2-7(28)15(36)22(43)16(37)8(2)29,3-9(30)17(38)23(44)18(39)10(3)31)4-11(32)19(40)24(45)20(41)12(4)33/h2-20H,21H2,1H3;/q+1;-1. The highest BCUT2D eigenvalue weighted by Crippen LogP contribution is 2.58. The largest absolute Gasteiger partial charge is 0.207 e. The van der Waals surface area contributed by atoms with Gasteiger partial charge in [-0.1, -0.05) is 78.9 Å². The lowest BCUT2D eigenvalue weighted by molar-refractivity contribution is 0.378. The molecule has 0 nitrogen and oxygen atoms in total. The Hall–Kier alpha value is -7.15. The Kier molecular flexibility index (Phi) is 14.8. The summed E-state index contributed by atoms with van der Waals surface area (Å²) in [7, 11) is -1.80. The summed E-state index contributed by atoms with van der Waals surface area (Å²) in [6.07, 6.45) is -6.18. The fourth-order valence-corrected chi connectivity index (χ4v) is 13.0. The van der Waals surface area contributed by atoms with E-state index in [0.29, 0.717) is 0 Å². The second-order valence-corrected chi connectivity index (χ2v) is 19.2. The highest BCUT2D eigenvalue weighted by Gasteiger charge is 2.52. The van der Waals surface area contributed by atoms with Crippen molar-refractivity contribution in [2.75, 3.05) is 0 Å². The predicted octanol–water partition coefficient (Wildman–Crippen LogP) is 11.3. The first-order valence-corrected chi connectivity index (χ1v) is 22.3. The molecule has 0 radical (unpaired) electrons. The van der Waals surface area contributed by atoms with Crippen molar-refractivity contribution in [3.8, 4) is 0 Å². The van der Waals surface area contributed by atoms with Crippen molar-refractivity contribution < 1.29 is 87.8 Å². The van der Waals surface area contributed by atoms with Crippen molar-refractivity contribution >= 4 is 51.2 Å². The molecule has 0 atom stereocenters. The Balaban J connectivity index is 0.000000238. The van der Waals surface area contributed by atoms with Gasteiger partial charge >= 0.3 is 0 Å². The van der Waals surface area contributed by atoms with E-state index in [0.717, 1.165) is 6.16 Å². The molecule has 372 valence electrons. The summed E-state index contributed by atoms with van der Waals surface area (Å²) >= 11 is 0. The Labute approximate surface area is 394 Å². The zero-order chi connectivity index (χ0) is 52.9. The molecule has 0 N–H and O–H groups in total. The first-order chi connectivity index (χ1) is 34.0. The number of hydrogen-bond acceptors (Lipinski definition) is 0. The molecule has 0 bridgehead atoms. The highest BCUT2D eigenvalue weighted by molar-refractivity contribution is 7.95. The van der Waals surface area contributed by atoms with Crippen LogP contribution in [0.15, 0.2) is 115 Å². The van der Waals surface area contributed by atoms with Crippen LogP contribution in [-0.4, -0.2) is 6.15 Å². The average molecular weight is 1050 g/mol. The molecule has 8 aromatic carbocycles. The second kappa shape index (κ2) is 20.2. The summed E-state index contributed by atoms with van der Waals surface area (Å²) < 4.78 is 294. The lowest BCUT2D eigenvalue weighted by Crippen LogP contribution is -2.81. The van der Waals surface area contributed by atoms with Crippen LogP contribution in [0.3, 0.4) is 0 Å². The molecule has 0 aliphatic carbocycles. The summed E-state index contributed by atoms with van der Waals surface area (Å²) in [5.74, 6) is -71.4. The molecule has 0 unspecified atom stereocenters. The van der Waals surface area contributed by atoms with E-state index in [2.05, 4.69) is 122 Å². The highest BCUT2D eigenvalue weighted by atomic mass is 31.2. The molecular formula is C50H24BF20P. The number of aryl methyl sites for hydroxylation is 1. The maximum Gasteiger partial charge on any atom is 0.200 e. The third-order valence-electron chi connectivity index (χ3n) is 12.0. The summed E-state index contributed by atoms with van der Waals surface area (Å²) in [6, 6.07) is 42.1. The van der Waals surface area contributed by atoms with Gasteiger partial charge in [-0.3, -0.25) is 0 Å². The van der Waals surface area contributed by atoms with Gasteiger partial charge < -0.3 is 0 Å².